The van der Waals surface area contributed by atoms with Gasteiger partial charge in [0.05, 0.1) is 18.0 Å². The molecule has 6 heteroatoms. The highest BCUT2D eigenvalue weighted by molar-refractivity contribution is 7.89. The van der Waals surface area contributed by atoms with E-state index in [-0.39, 0.29) is 17.3 Å². The summed E-state index contributed by atoms with van der Waals surface area (Å²) >= 11 is 0. The van der Waals surface area contributed by atoms with Gasteiger partial charge in [-0.1, -0.05) is 32.9 Å². The standard InChI is InChI=1S/C14H26N2O3S/c1-10-5-11(6-10)9-20(17,18)15-8-12-7-13(16-19-12)14(2,3)4/h10-12,15H,5-9H2,1-4H3. The zero-order chi connectivity index (χ0) is 15.0. The fraction of sp³-hybridized carbons (Fsp3) is 0.929. The van der Waals surface area contributed by atoms with Crippen LogP contribution in [0.2, 0.25) is 0 Å². The average Bonchev–Trinajstić information content (AvgIpc) is 2.72. The topological polar surface area (TPSA) is 67.8 Å². The van der Waals surface area contributed by atoms with E-state index in [1.165, 1.54) is 0 Å². The molecule has 1 heterocycles. The second kappa shape index (κ2) is 5.64. The van der Waals surface area contributed by atoms with Crippen molar-refractivity contribution in [1.82, 2.24) is 4.72 Å². The number of hydrogen-bond acceptors (Lipinski definition) is 4. The van der Waals surface area contributed by atoms with Gasteiger partial charge in [-0.05, 0) is 24.7 Å². The van der Waals surface area contributed by atoms with Crippen LogP contribution in [-0.2, 0) is 14.9 Å². The molecule has 0 aromatic carbocycles. The van der Waals surface area contributed by atoms with Gasteiger partial charge in [-0.25, -0.2) is 13.1 Å². The molecule has 1 aliphatic heterocycles. The molecule has 1 saturated carbocycles. The number of rotatable bonds is 5. The predicted octanol–water partition coefficient (Wildman–Crippen LogP) is 2.14. The largest absolute Gasteiger partial charge is 0.391 e. The minimum atomic E-state index is -3.19. The lowest BCUT2D eigenvalue weighted by atomic mass is 9.77. The number of sulfonamides is 1. The fourth-order valence-corrected chi connectivity index (χ4v) is 4.23. The van der Waals surface area contributed by atoms with E-state index >= 15 is 0 Å². The van der Waals surface area contributed by atoms with Crippen LogP contribution in [0.25, 0.3) is 0 Å². The normalized spacial score (nSPS) is 30.6. The SMILES string of the molecule is CC1CC(CS(=O)(=O)NCC2CC(C(C)(C)C)=NO2)C1. The lowest BCUT2D eigenvalue weighted by Gasteiger charge is -2.32. The monoisotopic (exact) mass is 302 g/mol. The summed E-state index contributed by atoms with van der Waals surface area (Å²) in [6.45, 7) is 8.72. The summed E-state index contributed by atoms with van der Waals surface area (Å²) < 4.78 is 26.6. The van der Waals surface area contributed by atoms with Crippen molar-refractivity contribution in [3.8, 4) is 0 Å². The van der Waals surface area contributed by atoms with Crippen LogP contribution in [0.3, 0.4) is 0 Å². The molecule has 1 atom stereocenters. The van der Waals surface area contributed by atoms with E-state index in [0.717, 1.165) is 18.6 Å². The maximum Gasteiger partial charge on any atom is 0.211 e. The number of oxime groups is 1. The molecular weight excluding hydrogens is 276 g/mol. The van der Waals surface area contributed by atoms with Crippen molar-refractivity contribution in [1.29, 1.82) is 0 Å². The summed E-state index contributed by atoms with van der Waals surface area (Å²) in [6, 6.07) is 0. The van der Waals surface area contributed by atoms with Gasteiger partial charge in [0, 0.05) is 11.8 Å². The van der Waals surface area contributed by atoms with Crippen LogP contribution in [-0.4, -0.2) is 32.5 Å². The predicted molar refractivity (Wildman–Crippen MR) is 80.1 cm³/mol. The molecule has 0 spiro atoms. The van der Waals surface area contributed by atoms with Crippen LogP contribution in [0.1, 0.15) is 47.0 Å². The molecule has 0 bridgehead atoms. The van der Waals surface area contributed by atoms with Gasteiger partial charge in [0.25, 0.3) is 0 Å². The fourth-order valence-electron chi connectivity index (χ4n) is 2.78. The van der Waals surface area contributed by atoms with Crippen LogP contribution in [0.15, 0.2) is 5.16 Å². The zero-order valence-corrected chi connectivity index (χ0v) is 13.7. The first-order valence-corrected chi connectivity index (χ1v) is 9.01. The highest BCUT2D eigenvalue weighted by Gasteiger charge is 2.32. The van der Waals surface area contributed by atoms with E-state index in [4.69, 9.17) is 4.84 Å². The van der Waals surface area contributed by atoms with Crippen molar-refractivity contribution in [2.24, 2.45) is 22.4 Å². The number of nitrogens with zero attached hydrogens (tertiary/aromatic N) is 1. The van der Waals surface area contributed by atoms with Crippen LogP contribution in [0.4, 0.5) is 0 Å². The molecule has 116 valence electrons. The summed E-state index contributed by atoms with van der Waals surface area (Å²) in [5.74, 6) is 1.25. The van der Waals surface area contributed by atoms with Gasteiger partial charge in [-0.15, -0.1) is 0 Å². The minimum Gasteiger partial charge on any atom is -0.391 e. The van der Waals surface area contributed by atoms with E-state index < -0.39 is 10.0 Å². The van der Waals surface area contributed by atoms with Crippen molar-refractivity contribution in [3.63, 3.8) is 0 Å². The van der Waals surface area contributed by atoms with Crippen LogP contribution in [0, 0.1) is 17.3 Å². The molecule has 2 rings (SSSR count). The molecule has 1 fully saturated rings. The van der Waals surface area contributed by atoms with Crippen molar-refractivity contribution in [2.75, 3.05) is 12.3 Å². The smallest absolute Gasteiger partial charge is 0.211 e. The Labute approximate surface area is 122 Å². The minimum absolute atomic E-state index is 0.0182. The first-order valence-electron chi connectivity index (χ1n) is 7.36. The van der Waals surface area contributed by atoms with E-state index in [9.17, 15) is 8.42 Å². The molecule has 0 amide bonds. The Morgan fingerprint density at radius 1 is 1.35 bits per heavy atom. The Bertz CT molecular complexity index is 473. The van der Waals surface area contributed by atoms with Crippen molar-refractivity contribution < 1.29 is 13.3 Å². The third-order valence-electron chi connectivity index (χ3n) is 4.06. The molecule has 2 aliphatic rings. The second-order valence-corrected chi connectivity index (χ2v) is 9.14. The van der Waals surface area contributed by atoms with Crippen molar-refractivity contribution >= 4 is 15.7 Å². The summed E-state index contributed by atoms with van der Waals surface area (Å²) in [6.07, 6.45) is 2.59. The van der Waals surface area contributed by atoms with E-state index in [1.807, 2.05) is 0 Å². The molecule has 1 aliphatic carbocycles. The van der Waals surface area contributed by atoms with E-state index in [0.29, 0.717) is 24.8 Å². The Kier molecular flexibility index (Phi) is 4.44. The zero-order valence-electron chi connectivity index (χ0n) is 12.8. The molecule has 0 saturated heterocycles. The lowest BCUT2D eigenvalue weighted by molar-refractivity contribution is 0.0889. The Morgan fingerprint density at radius 3 is 2.50 bits per heavy atom. The molecule has 5 nitrogen and oxygen atoms in total. The van der Waals surface area contributed by atoms with Crippen LogP contribution < -0.4 is 4.72 Å². The Balaban J connectivity index is 1.73. The molecule has 0 aromatic heterocycles. The maximum atomic E-state index is 12.0. The number of nitrogens with one attached hydrogen (secondary N) is 1. The van der Waals surface area contributed by atoms with Gasteiger partial charge in [0.15, 0.2) is 0 Å². The molecule has 20 heavy (non-hydrogen) atoms. The molecule has 1 unspecified atom stereocenters. The molecule has 1 N–H and O–H groups in total. The van der Waals surface area contributed by atoms with E-state index in [1.54, 1.807) is 0 Å². The quantitative estimate of drug-likeness (QED) is 0.846. The lowest BCUT2D eigenvalue weighted by Crippen LogP contribution is -2.38. The first-order chi connectivity index (χ1) is 9.16. The van der Waals surface area contributed by atoms with Crippen LogP contribution in [0.5, 0.6) is 0 Å². The first kappa shape index (κ1) is 15.8. The van der Waals surface area contributed by atoms with Gasteiger partial charge in [0.1, 0.15) is 6.10 Å². The highest BCUT2D eigenvalue weighted by atomic mass is 32.2. The summed E-state index contributed by atoms with van der Waals surface area (Å²) in [7, 11) is -3.19. The Morgan fingerprint density at radius 2 is 2.00 bits per heavy atom. The van der Waals surface area contributed by atoms with Crippen molar-refractivity contribution in [3.05, 3.63) is 0 Å². The maximum absolute atomic E-state index is 12.0. The highest BCUT2D eigenvalue weighted by Crippen LogP contribution is 2.33. The Hall–Kier alpha value is -0.620. The molecule has 0 aromatic rings. The molecule has 0 radical (unpaired) electrons. The summed E-state index contributed by atoms with van der Waals surface area (Å²) in [4.78, 5) is 5.31. The van der Waals surface area contributed by atoms with Gasteiger partial charge < -0.3 is 4.84 Å². The van der Waals surface area contributed by atoms with Gasteiger partial charge >= 0.3 is 0 Å². The van der Waals surface area contributed by atoms with E-state index in [2.05, 4.69) is 37.6 Å². The summed E-state index contributed by atoms with van der Waals surface area (Å²) in [5.41, 5.74) is 0.977. The van der Waals surface area contributed by atoms with Crippen LogP contribution >= 0.6 is 0 Å². The third-order valence-corrected chi connectivity index (χ3v) is 5.57. The van der Waals surface area contributed by atoms with Gasteiger partial charge in [-0.2, -0.15) is 0 Å². The van der Waals surface area contributed by atoms with Gasteiger partial charge in [-0.3, -0.25) is 0 Å². The number of hydrogen-bond donors (Lipinski definition) is 1. The van der Waals surface area contributed by atoms with Crippen molar-refractivity contribution in [2.45, 2.75) is 53.1 Å². The second-order valence-electron chi connectivity index (χ2n) is 7.29. The average molecular weight is 302 g/mol. The third kappa shape index (κ3) is 4.19. The summed E-state index contributed by atoms with van der Waals surface area (Å²) in [5, 5.41) is 4.07. The van der Waals surface area contributed by atoms with Gasteiger partial charge in [0.2, 0.25) is 10.0 Å². The molecular formula is C14H26N2O3S.